The number of sulfonamides is 1. The SMILES string of the molecule is CCN(C1CCCC1)S(=O)(=O)c1ccc(C(N)=S)s1. The fourth-order valence-corrected chi connectivity index (χ4v) is 5.70. The molecule has 0 aromatic carbocycles. The van der Waals surface area contributed by atoms with Crippen molar-refractivity contribution in [2.75, 3.05) is 6.54 Å². The van der Waals surface area contributed by atoms with Crippen molar-refractivity contribution in [3.8, 4) is 0 Å². The number of hydrogen-bond acceptors (Lipinski definition) is 4. The van der Waals surface area contributed by atoms with Crippen molar-refractivity contribution in [1.29, 1.82) is 0 Å². The standard InChI is InChI=1S/C12H18N2O2S3/c1-2-14(9-5-3-4-6-9)19(15,16)11-8-7-10(18-11)12(13)17/h7-9H,2-6H2,1H3,(H2,13,17). The van der Waals surface area contributed by atoms with Crippen molar-refractivity contribution in [3.63, 3.8) is 0 Å². The van der Waals surface area contributed by atoms with E-state index in [0.717, 1.165) is 37.0 Å². The summed E-state index contributed by atoms with van der Waals surface area (Å²) in [4.78, 5) is 0.895. The lowest BCUT2D eigenvalue weighted by Crippen LogP contribution is -2.38. The maximum atomic E-state index is 12.6. The highest BCUT2D eigenvalue weighted by Crippen LogP contribution is 2.31. The monoisotopic (exact) mass is 318 g/mol. The van der Waals surface area contributed by atoms with Gasteiger partial charge < -0.3 is 5.73 Å². The van der Waals surface area contributed by atoms with Crippen molar-refractivity contribution in [2.24, 2.45) is 5.73 Å². The first-order chi connectivity index (χ1) is 8.96. The number of nitrogens with two attached hydrogens (primary N) is 1. The molecule has 0 bridgehead atoms. The summed E-state index contributed by atoms with van der Waals surface area (Å²) in [5.74, 6) is 0. The lowest BCUT2D eigenvalue weighted by Gasteiger charge is -2.25. The predicted octanol–water partition coefficient (Wildman–Crippen LogP) is 2.34. The molecule has 106 valence electrons. The first kappa shape index (κ1) is 14.9. The van der Waals surface area contributed by atoms with Crippen molar-refractivity contribution < 1.29 is 8.42 Å². The van der Waals surface area contributed by atoms with Crippen LogP contribution in [0.5, 0.6) is 0 Å². The van der Waals surface area contributed by atoms with Crippen molar-refractivity contribution in [1.82, 2.24) is 4.31 Å². The molecule has 1 aromatic heterocycles. The summed E-state index contributed by atoms with van der Waals surface area (Å²) >= 11 is 6.03. The Kier molecular flexibility index (Phi) is 4.60. The van der Waals surface area contributed by atoms with Gasteiger partial charge in [0, 0.05) is 12.6 Å². The Labute approximate surface area is 123 Å². The van der Waals surface area contributed by atoms with E-state index in [4.69, 9.17) is 18.0 Å². The minimum Gasteiger partial charge on any atom is -0.389 e. The normalized spacial score (nSPS) is 17.2. The molecule has 0 aliphatic heterocycles. The van der Waals surface area contributed by atoms with Crippen molar-refractivity contribution in [2.45, 2.75) is 42.9 Å². The Balaban J connectivity index is 2.30. The van der Waals surface area contributed by atoms with E-state index in [1.165, 1.54) is 0 Å². The zero-order chi connectivity index (χ0) is 14.0. The molecular weight excluding hydrogens is 300 g/mol. The summed E-state index contributed by atoms with van der Waals surface area (Å²) in [6, 6.07) is 3.43. The van der Waals surface area contributed by atoms with E-state index in [1.807, 2.05) is 6.92 Å². The molecule has 1 heterocycles. The molecule has 0 radical (unpaired) electrons. The van der Waals surface area contributed by atoms with Gasteiger partial charge in [-0.05, 0) is 25.0 Å². The second kappa shape index (κ2) is 5.87. The summed E-state index contributed by atoms with van der Waals surface area (Å²) in [6.45, 7) is 2.39. The first-order valence-electron chi connectivity index (χ1n) is 6.38. The van der Waals surface area contributed by atoms with Gasteiger partial charge in [-0.15, -0.1) is 11.3 Å². The Morgan fingerprint density at radius 1 is 1.47 bits per heavy atom. The summed E-state index contributed by atoms with van der Waals surface area (Å²) in [6.07, 6.45) is 4.14. The molecule has 19 heavy (non-hydrogen) atoms. The molecule has 1 aliphatic carbocycles. The maximum Gasteiger partial charge on any atom is 0.252 e. The lowest BCUT2D eigenvalue weighted by molar-refractivity contribution is 0.336. The molecule has 0 spiro atoms. The third kappa shape index (κ3) is 2.99. The van der Waals surface area contributed by atoms with Gasteiger partial charge in [-0.25, -0.2) is 8.42 Å². The number of rotatable bonds is 5. The molecular formula is C12H18N2O2S3. The van der Waals surface area contributed by atoms with Gasteiger partial charge in [0.1, 0.15) is 9.20 Å². The highest BCUT2D eigenvalue weighted by Gasteiger charge is 2.32. The average Bonchev–Trinajstić information content (AvgIpc) is 3.00. The highest BCUT2D eigenvalue weighted by atomic mass is 32.2. The average molecular weight is 318 g/mol. The third-order valence-electron chi connectivity index (χ3n) is 3.43. The van der Waals surface area contributed by atoms with Gasteiger partial charge in [0.05, 0.1) is 4.88 Å². The quantitative estimate of drug-likeness (QED) is 0.846. The van der Waals surface area contributed by atoms with Crippen LogP contribution in [0.2, 0.25) is 0 Å². The fourth-order valence-electron chi connectivity index (χ4n) is 2.52. The zero-order valence-electron chi connectivity index (χ0n) is 10.8. The summed E-state index contributed by atoms with van der Waals surface area (Å²) < 4.78 is 27.2. The van der Waals surface area contributed by atoms with Crippen LogP contribution in [-0.4, -0.2) is 30.3 Å². The van der Waals surface area contributed by atoms with Crippen LogP contribution < -0.4 is 5.73 Å². The minimum absolute atomic E-state index is 0.144. The smallest absolute Gasteiger partial charge is 0.252 e. The van der Waals surface area contributed by atoms with Crippen LogP contribution in [0.25, 0.3) is 0 Å². The molecule has 7 heteroatoms. The van der Waals surface area contributed by atoms with Crippen LogP contribution in [0.15, 0.2) is 16.3 Å². The second-order valence-corrected chi connectivity index (χ2v) is 8.27. The number of hydrogen-bond donors (Lipinski definition) is 1. The lowest BCUT2D eigenvalue weighted by atomic mass is 10.2. The van der Waals surface area contributed by atoms with E-state index in [-0.39, 0.29) is 11.0 Å². The molecule has 2 N–H and O–H groups in total. The second-order valence-electron chi connectivity index (χ2n) is 4.63. The number of thiophene rings is 1. The van der Waals surface area contributed by atoms with Crippen molar-refractivity contribution >= 4 is 38.6 Å². The van der Waals surface area contributed by atoms with E-state index in [0.29, 0.717) is 15.6 Å². The topological polar surface area (TPSA) is 63.4 Å². The summed E-state index contributed by atoms with van der Waals surface area (Å²) in [5.41, 5.74) is 5.53. The number of nitrogens with zero attached hydrogens (tertiary/aromatic N) is 1. The van der Waals surface area contributed by atoms with Crippen molar-refractivity contribution in [3.05, 3.63) is 17.0 Å². The Morgan fingerprint density at radius 3 is 2.58 bits per heavy atom. The van der Waals surface area contributed by atoms with Crippen LogP contribution in [-0.2, 0) is 10.0 Å². The van der Waals surface area contributed by atoms with Gasteiger partial charge in [-0.2, -0.15) is 4.31 Å². The molecule has 0 unspecified atom stereocenters. The summed E-state index contributed by atoms with van der Waals surface area (Å²) in [5, 5.41) is 0. The highest BCUT2D eigenvalue weighted by molar-refractivity contribution is 7.91. The van der Waals surface area contributed by atoms with Gasteiger partial charge in [0.15, 0.2) is 0 Å². The van der Waals surface area contributed by atoms with Crippen LogP contribution in [0.4, 0.5) is 0 Å². The van der Waals surface area contributed by atoms with E-state index in [2.05, 4.69) is 0 Å². The Hall–Kier alpha value is -0.500. The van der Waals surface area contributed by atoms with Crippen LogP contribution in [0.3, 0.4) is 0 Å². The van der Waals surface area contributed by atoms with Crippen LogP contribution >= 0.6 is 23.6 Å². The first-order valence-corrected chi connectivity index (χ1v) is 9.04. The van der Waals surface area contributed by atoms with Crippen LogP contribution in [0, 0.1) is 0 Å². The number of thiocarbonyl (C=S) groups is 1. The van der Waals surface area contributed by atoms with Gasteiger partial charge in [-0.1, -0.05) is 32.0 Å². The molecule has 0 amide bonds. The van der Waals surface area contributed by atoms with Gasteiger partial charge in [0.2, 0.25) is 0 Å². The van der Waals surface area contributed by atoms with E-state index >= 15 is 0 Å². The molecule has 2 rings (SSSR count). The summed E-state index contributed by atoms with van der Waals surface area (Å²) in [7, 11) is -3.41. The Morgan fingerprint density at radius 2 is 2.11 bits per heavy atom. The van der Waals surface area contributed by atoms with Gasteiger partial charge >= 0.3 is 0 Å². The minimum atomic E-state index is -3.41. The van der Waals surface area contributed by atoms with Gasteiger partial charge in [-0.3, -0.25) is 0 Å². The molecule has 4 nitrogen and oxygen atoms in total. The molecule has 1 fully saturated rings. The third-order valence-corrected chi connectivity index (χ3v) is 7.39. The molecule has 0 saturated heterocycles. The van der Waals surface area contributed by atoms with Crippen LogP contribution in [0.1, 0.15) is 37.5 Å². The Bertz CT molecular complexity index is 559. The molecule has 1 aromatic rings. The predicted molar refractivity (Wildman–Crippen MR) is 82.0 cm³/mol. The largest absolute Gasteiger partial charge is 0.389 e. The van der Waals surface area contributed by atoms with Gasteiger partial charge in [0.25, 0.3) is 10.0 Å². The van der Waals surface area contributed by atoms with E-state index in [1.54, 1.807) is 16.4 Å². The maximum absolute atomic E-state index is 12.6. The fraction of sp³-hybridized carbons (Fsp3) is 0.583. The van der Waals surface area contributed by atoms with E-state index < -0.39 is 10.0 Å². The molecule has 0 atom stereocenters. The zero-order valence-corrected chi connectivity index (χ0v) is 13.3. The molecule has 1 aliphatic rings. The van der Waals surface area contributed by atoms with E-state index in [9.17, 15) is 8.42 Å². The molecule has 1 saturated carbocycles.